The summed E-state index contributed by atoms with van der Waals surface area (Å²) < 4.78 is 10.8. The molecule has 29 heavy (non-hydrogen) atoms. The van der Waals surface area contributed by atoms with Crippen molar-refractivity contribution in [3.63, 3.8) is 0 Å². The van der Waals surface area contributed by atoms with Crippen molar-refractivity contribution in [2.24, 2.45) is 11.3 Å². The number of methoxy groups -OCH3 is 1. The fourth-order valence-electron chi connectivity index (χ4n) is 6.08. The van der Waals surface area contributed by atoms with E-state index < -0.39 is 5.41 Å². The predicted molar refractivity (Wildman–Crippen MR) is 108 cm³/mol. The number of hydrogen-bond donors (Lipinski definition) is 1. The normalized spacial score (nSPS) is 33.6. The standard InChI is InChI=1S/C23H26N2O4/c1-4-14-11-25-19-10-17(14)23(22(27)28-3,12-29-13(2)26)20(25)9-16-15-7-5-6-8-18(15)24-21(16)19/h4-8,17,19-20,24H,9-12H2,1-3H3/b14-4-/t17-,19-,20-,23-/m0/s1. The average molecular weight is 394 g/mol. The van der Waals surface area contributed by atoms with Crippen LogP contribution < -0.4 is 0 Å². The molecule has 2 aromatic rings. The largest absolute Gasteiger partial charge is 0.468 e. The number of carbonyl (C=O) groups excluding carboxylic acids is 2. The van der Waals surface area contributed by atoms with Crippen LogP contribution in [0.1, 0.15) is 37.6 Å². The van der Waals surface area contributed by atoms with E-state index in [1.54, 1.807) is 0 Å². The lowest BCUT2D eigenvalue weighted by molar-refractivity contribution is -0.188. The Bertz CT molecular complexity index is 1040. The number of nitrogens with one attached hydrogen (secondary N) is 1. The number of ether oxygens (including phenoxy) is 2. The van der Waals surface area contributed by atoms with Crippen LogP contribution in [0.3, 0.4) is 0 Å². The first kappa shape index (κ1) is 18.4. The number of para-hydroxylation sites is 1. The molecule has 4 aliphatic heterocycles. The zero-order valence-corrected chi connectivity index (χ0v) is 17.0. The Morgan fingerprint density at radius 2 is 2.14 bits per heavy atom. The average Bonchev–Trinajstić information content (AvgIpc) is 3.11. The molecule has 1 aromatic carbocycles. The number of fused-ring (bicyclic) bond motifs is 4. The zero-order valence-electron chi connectivity index (χ0n) is 17.0. The van der Waals surface area contributed by atoms with Gasteiger partial charge in [0, 0.05) is 42.0 Å². The molecule has 5 heterocycles. The van der Waals surface area contributed by atoms with Crippen molar-refractivity contribution >= 4 is 22.8 Å². The molecule has 3 fully saturated rings. The maximum absolute atomic E-state index is 13.3. The second-order valence-corrected chi connectivity index (χ2v) is 8.43. The van der Waals surface area contributed by atoms with Gasteiger partial charge in [0.05, 0.1) is 13.2 Å². The zero-order chi connectivity index (χ0) is 20.3. The van der Waals surface area contributed by atoms with Crippen LogP contribution in [0.4, 0.5) is 0 Å². The number of aromatic amines is 1. The lowest BCUT2D eigenvalue weighted by atomic mass is 9.55. The summed E-state index contributed by atoms with van der Waals surface area (Å²) in [4.78, 5) is 31.1. The fraction of sp³-hybridized carbons (Fsp3) is 0.478. The summed E-state index contributed by atoms with van der Waals surface area (Å²) in [5, 5.41) is 1.22. The van der Waals surface area contributed by atoms with Gasteiger partial charge >= 0.3 is 11.9 Å². The fourth-order valence-corrected chi connectivity index (χ4v) is 6.08. The van der Waals surface area contributed by atoms with Crippen LogP contribution in [0.5, 0.6) is 0 Å². The molecule has 0 radical (unpaired) electrons. The quantitative estimate of drug-likeness (QED) is 0.640. The minimum absolute atomic E-state index is 0.00105. The van der Waals surface area contributed by atoms with E-state index in [9.17, 15) is 9.59 Å². The van der Waals surface area contributed by atoms with Crippen molar-refractivity contribution in [1.82, 2.24) is 9.88 Å². The summed E-state index contributed by atoms with van der Waals surface area (Å²) in [6.07, 6.45) is 3.66. The highest BCUT2D eigenvalue weighted by Gasteiger charge is 2.65. The van der Waals surface area contributed by atoms with Gasteiger partial charge in [0.2, 0.25) is 0 Å². The number of aromatic nitrogens is 1. The Labute approximate surface area is 169 Å². The molecular formula is C23H26N2O4. The maximum Gasteiger partial charge on any atom is 0.317 e. The highest BCUT2D eigenvalue weighted by molar-refractivity contribution is 5.86. The van der Waals surface area contributed by atoms with E-state index in [-0.39, 0.29) is 36.5 Å². The van der Waals surface area contributed by atoms with E-state index in [1.165, 1.54) is 36.3 Å². The van der Waals surface area contributed by atoms with E-state index >= 15 is 0 Å². The SMILES string of the molecule is C/C=C1/CN2[C@H]3Cc4c([nH]c5ccccc45)[C@@H]2C[C@@H]1[C@]3(COC(C)=O)C(=O)OC. The topological polar surface area (TPSA) is 71.6 Å². The van der Waals surface area contributed by atoms with Crippen molar-refractivity contribution < 1.29 is 19.1 Å². The number of allylic oxidation sites excluding steroid dienone is 1. The number of hydrogen-bond acceptors (Lipinski definition) is 5. The molecule has 4 bridgehead atoms. The number of nitrogens with zero attached hydrogens (tertiary/aromatic N) is 1. The Balaban J connectivity index is 1.69. The van der Waals surface area contributed by atoms with Gasteiger partial charge in [-0.05, 0) is 31.4 Å². The summed E-state index contributed by atoms with van der Waals surface area (Å²) >= 11 is 0. The third-order valence-electron chi connectivity index (χ3n) is 7.32. The van der Waals surface area contributed by atoms with Crippen LogP contribution in [-0.4, -0.2) is 48.1 Å². The summed E-state index contributed by atoms with van der Waals surface area (Å²) in [6.45, 7) is 4.31. The molecule has 0 saturated carbocycles. The van der Waals surface area contributed by atoms with Gasteiger partial charge in [0.1, 0.15) is 12.0 Å². The third-order valence-corrected chi connectivity index (χ3v) is 7.32. The minimum atomic E-state index is -0.882. The first-order valence-electron chi connectivity index (χ1n) is 10.2. The second-order valence-electron chi connectivity index (χ2n) is 8.43. The van der Waals surface area contributed by atoms with Crippen molar-refractivity contribution in [3.8, 4) is 0 Å². The van der Waals surface area contributed by atoms with Gasteiger partial charge in [-0.1, -0.05) is 29.8 Å². The van der Waals surface area contributed by atoms with Gasteiger partial charge in [-0.3, -0.25) is 14.5 Å². The Morgan fingerprint density at radius 1 is 1.34 bits per heavy atom. The predicted octanol–water partition coefficient (Wildman–Crippen LogP) is 3.14. The number of benzene rings is 1. The van der Waals surface area contributed by atoms with Gasteiger partial charge in [-0.15, -0.1) is 0 Å². The molecule has 1 N–H and O–H groups in total. The van der Waals surface area contributed by atoms with Gasteiger partial charge in [0.25, 0.3) is 0 Å². The molecule has 0 spiro atoms. The molecule has 1 unspecified atom stereocenters. The Kier molecular flexibility index (Phi) is 4.10. The number of rotatable bonds is 3. The highest BCUT2D eigenvalue weighted by atomic mass is 16.5. The van der Waals surface area contributed by atoms with E-state index in [0.717, 1.165) is 24.9 Å². The van der Waals surface area contributed by atoms with Crippen LogP contribution in [0.15, 0.2) is 35.9 Å². The van der Waals surface area contributed by atoms with Crippen molar-refractivity contribution in [2.75, 3.05) is 20.3 Å². The molecule has 6 rings (SSSR count). The van der Waals surface area contributed by atoms with Crippen LogP contribution in [0, 0.1) is 11.3 Å². The Hall–Kier alpha value is -2.60. The van der Waals surface area contributed by atoms with E-state index in [0.29, 0.717) is 0 Å². The van der Waals surface area contributed by atoms with Gasteiger partial charge in [0.15, 0.2) is 0 Å². The van der Waals surface area contributed by atoms with Crippen molar-refractivity contribution in [2.45, 2.75) is 38.8 Å². The van der Waals surface area contributed by atoms with Gasteiger partial charge < -0.3 is 14.5 Å². The molecule has 152 valence electrons. The summed E-state index contributed by atoms with van der Waals surface area (Å²) in [6, 6.07) is 8.52. The highest BCUT2D eigenvalue weighted by Crippen LogP contribution is 2.59. The molecule has 6 heteroatoms. The summed E-state index contributed by atoms with van der Waals surface area (Å²) in [7, 11) is 1.43. The van der Waals surface area contributed by atoms with Gasteiger partial charge in [-0.2, -0.15) is 0 Å². The van der Waals surface area contributed by atoms with Gasteiger partial charge in [-0.25, -0.2) is 0 Å². The van der Waals surface area contributed by atoms with E-state index in [4.69, 9.17) is 9.47 Å². The Morgan fingerprint density at radius 3 is 2.86 bits per heavy atom. The molecule has 5 atom stereocenters. The third kappa shape index (κ3) is 2.38. The molecule has 0 aliphatic carbocycles. The number of H-pyrrole nitrogens is 1. The molecule has 6 nitrogen and oxygen atoms in total. The van der Waals surface area contributed by atoms with E-state index in [1.807, 2.05) is 13.0 Å². The molecule has 0 amide bonds. The van der Waals surface area contributed by atoms with Crippen LogP contribution in [-0.2, 0) is 25.5 Å². The first-order valence-corrected chi connectivity index (χ1v) is 10.2. The summed E-state index contributed by atoms with van der Waals surface area (Å²) in [5.41, 5.74) is 4.04. The second kappa shape index (κ2) is 6.46. The van der Waals surface area contributed by atoms with E-state index in [2.05, 4.69) is 34.2 Å². The van der Waals surface area contributed by atoms with Crippen molar-refractivity contribution in [1.29, 1.82) is 0 Å². The summed E-state index contributed by atoms with van der Waals surface area (Å²) in [5.74, 6) is -0.648. The first-order chi connectivity index (χ1) is 14.0. The minimum Gasteiger partial charge on any atom is -0.468 e. The number of piperidine rings is 3. The van der Waals surface area contributed by atoms with Crippen LogP contribution in [0.25, 0.3) is 10.9 Å². The maximum atomic E-state index is 13.3. The lowest BCUT2D eigenvalue weighted by Gasteiger charge is -2.62. The lowest BCUT2D eigenvalue weighted by Crippen LogP contribution is -2.70. The smallest absolute Gasteiger partial charge is 0.317 e. The number of carbonyl (C=O) groups is 2. The monoisotopic (exact) mass is 394 g/mol. The van der Waals surface area contributed by atoms with Crippen LogP contribution in [0.2, 0.25) is 0 Å². The number of esters is 2. The molecule has 3 saturated heterocycles. The molecule has 4 aliphatic rings. The van der Waals surface area contributed by atoms with Crippen LogP contribution >= 0.6 is 0 Å². The van der Waals surface area contributed by atoms with Crippen molar-refractivity contribution in [3.05, 3.63) is 47.2 Å². The molecule has 1 aromatic heterocycles. The molecular weight excluding hydrogens is 368 g/mol.